The topological polar surface area (TPSA) is 9.23 Å². The Morgan fingerprint density at radius 2 is 1.83 bits per heavy atom. The number of rotatable bonds is 2. The summed E-state index contributed by atoms with van der Waals surface area (Å²) in [7, 11) is 1.83. The SMILES string of the molecule is COC1c2cc(C)cc(-c3cccc(C(C)(C)C)c3)c2CC1C. The molecule has 3 rings (SSSR count). The Kier molecular flexibility index (Phi) is 4.10. The maximum atomic E-state index is 5.77. The number of hydrogen-bond donors (Lipinski definition) is 0. The van der Waals surface area contributed by atoms with Crippen molar-refractivity contribution in [2.75, 3.05) is 7.11 Å². The Morgan fingerprint density at radius 1 is 1.09 bits per heavy atom. The molecule has 0 radical (unpaired) electrons. The van der Waals surface area contributed by atoms with Gasteiger partial charge in [0.15, 0.2) is 0 Å². The van der Waals surface area contributed by atoms with Gasteiger partial charge in [-0.25, -0.2) is 0 Å². The van der Waals surface area contributed by atoms with E-state index in [1.807, 2.05) is 7.11 Å². The minimum atomic E-state index is 0.172. The molecule has 0 saturated carbocycles. The Morgan fingerprint density at radius 3 is 2.48 bits per heavy atom. The van der Waals surface area contributed by atoms with Crippen molar-refractivity contribution < 1.29 is 4.74 Å². The molecule has 2 aromatic carbocycles. The minimum absolute atomic E-state index is 0.172. The summed E-state index contributed by atoms with van der Waals surface area (Å²) in [6, 6.07) is 13.7. The molecule has 0 N–H and O–H groups in total. The average Bonchev–Trinajstić information content (AvgIpc) is 2.81. The minimum Gasteiger partial charge on any atom is -0.376 e. The first-order valence-corrected chi connectivity index (χ1v) is 8.58. The van der Waals surface area contributed by atoms with Crippen LogP contribution in [0.25, 0.3) is 11.1 Å². The molecule has 0 bridgehead atoms. The normalized spacial score (nSPS) is 20.6. The van der Waals surface area contributed by atoms with Gasteiger partial charge in [-0.1, -0.05) is 69.7 Å². The van der Waals surface area contributed by atoms with Crippen LogP contribution in [0.15, 0.2) is 36.4 Å². The summed E-state index contributed by atoms with van der Waals surface area (Å²) in [5, 5.41) is 0. The molecule has 2 aromatic rings. The lowest BCUT2D eigenvalue weighted by Crippen LogP contribution is -2.10. The maximum absolute atomic E-state index is 5.77. The van der Waals surface area contributed by atoms with Crippen molar-refractivity contribution in [3.05, 3.63) is 58.7 Å². The van der Waals surface area contributed by atoms with Crippen molar-refractivity contribution in [3.63, 3.8) is 0 Å². The van der Waals surface area contributed by atoms with Gasteiger partial charge in [-0.3, -0.25) is 0 Å². The summed E-state index contributed by atoms with van der Waals surface area (Å²) >= 11 is 0. The molecule has 1 aliphatic carbocycles. The van der Waals surface area contributed by atoms with E-state index in [-0.39, 0.29) is 11.5 Å². The van der Waals surface area contributed by atoms with Crippen LogP contribution in [0, 0.1) is 12.8 Å². The highest BCUT2D eigenvalue weighted by molar-refractivity contribution is 5.72. The molecule has 0 aliphatic heterocycles. The van der Waals surface area contributed by atoms with Crippen LogP contribution in [0.4, 0.5) is 0 Å². The van der Waals surface area contributed by atoms with Crippen molar-refractivity contribution in [1.82, 2.24) is 0 Å². The van der Waals surface area contributed by atoms with Gasteiger partial charge in [0.05, 0.1) is 6.10 Å². The van der Waals surface area contributed by atoms with Gasteiger partial charge in [0.25, 0.3) is 0 Å². The molecular weight excluding hydrogens is 280 g/mol. The molecular formula is C22H28O. The van der Waals surface area contributed by atoms with Crippen LogP contribution in [0.1, 0.15) is 56.1 Å². The van der Waals surface area contributed by atoms with E-state index in [2.05, 4.69) is 71.0 Å². The number of hydrogen-bond acceptors (Lipinski definition) is 1. The van der Waals surface area contributed by atoms with Gasteiger partial charge >= 0.3 is 0 Å². The highest BCUT2D eigenvalue weighted by Crippen LogP contribution is 2.43. The van der Waals surface area contributed by atoms with Crippen LogP contribution >= 0.6 is 0 Å². The molecule has 2 unspecified atom stereocenters. The van der Waals surface area contributed by atoms with Crippen molar-refractivity contribution in [1.29, 1.82) is 0 Å². The predicted octanol–water partition coefficient (Wildman–Crippen LogP) is 5.84. The second-order valence-corrected chi connectivity index (χ2v) is 8.05. The van der Waals surface area contributed by atoms with E-state index in [0.29, 0.717) is 5.92 Å². The molecule has 23 heavy (non-hydrogen) atoms. The lowest BCUT2D eigenvalue weighted by Gasteiger charge is -2.21. The van der Waals surface area contributed by atoms with Crippen molar-refractivity contribution in [2.24, 2.45) is 5.92 Å². The number of fused-ring (bicyclic) bond motifs is 1. The molecule has 1 aliphatic rings. The fourth-order valence-electron chi connectivity index (χ4n) is 3.83. The Hall–Kier alpha value is -1.60. The van der Waals surface area contributed by atoms with Gasteiger partial charge in [0, 0.05) is 7.11 Å². The maximum Gasteiger partial charge on any atom is 0.0852 e. The quantitative estimate of drug-likeness (QED) is 0.677. The molecule has 122 valence electrons. The van der Waals surface area contributed by atoms with Crippen molar-refractivity contribution in [3.8, 4) is 11.1 Å². The first-order chi connectivity index (χ1) is 10.8. The van der Waals surface area contributed by atoms with Crippen LogP contribution in [-0.2, 0) is 16.6 Å². The number of aryl methyl sites for hydroxylation is 1. The molecule has 0 saturated heterocycles. The van der Waals surface area contributed by atoms with Gasteiger partial charge in [-0.05, 0) is 52.5 Å². The Bertz CT molecular complexity index is 721. The number of ether oxygens (including phenoxy) is 1. The zero-order valence-electron chi connectivity index (χ0n) is 15.2. The fraction of sp³-hybridized carbons (Fsp3) is 0.455. The smallest absolute Gasteiger partial charge is 0.0852 e. The molecule has 0 amide bonds. The highest BCUT2D eigenvalue weighted by Gasteiger charge is 2.31. The van der Waals surface area contributed by atoms with Crippen LogP contribution in [0.5, 0.6) is 0 Å². The standard InChI is InChI=1S/C22H28O/c1-14-10-18(16-8-7-9-17(13-16)22(3,4)5)19-12-15(2)21(23-6)20(19)11-14/h7-11,13,15,21H,12H2,1-6H3. The Labute approximate surface area is 140 Å². The van der Waals surface area contributed by atoms with Gasteiger partial charge in [0.2, 0.25) is 0 Å². The first kappa shape index (κ1) is 16.3. The molecule has 2 atom stereocenters. The third kappa shape index (κ3) is 2.95. The third-order valence-corrected chi connectivity index (χ3v) is 5.07. The fourth-order valence-corrected chi connectivity index (χ4v) is 3.83. The van der Waals surface area contributed by atoms with Gasteiger partial charge in [-0.2, -0.15) is 0 Å². The zero-order valence-corrected chi connectivity index (χ0v) is 15.2. The second-order valence-electron chi connectivity index (χ2n) is 8.05. The van der Waals surface area contributed by atoms with E-state index in [9.17, 15) is 0 Å². The lowest BCUT2D eigenvalue weighted by molar-refractivity contribution is 0.0695. The molecule has 0 spiro atoms. The van der Waals surface area contributed by atoms with Gasteiger partial charge < -0.3 is 4.74 Å². The summed E-state index contributed by atoms with van der Waals surface area (Å²) in [5.41, 5.74) is 8.46. The van der Waals surface area contributed by atoms with Crippen LogP contribution in [0.2, 0.25) is 0 Å². The van der Waals surface area contributed by atoms with Crippen LogP contribution in [-0.4, -0.2) is 7.11 Å². The van der Waals surface area contributed by atoms with E-state index in [4.69, 9.17) is 4.74 Å². The second kappa shape index (κ2) is 5.79. The van der Waals surface area contributed by atoms with E-state index >= 15 is 0 Å². The van der Waals surface area contributed by atoms with Gasteiger partial charge in [0.1, 0.15) is 0 Å². The van der Waals surface area contributed by atoms with E-state index in [1.54, 1.807) is 0 Å². The number of benzene rings is 2. The first-order valence-electron chi connectivity index (χ1n) is 8.58. The van der Waals surface area contributed by atoms with Gasteiger partial charge in [-0.15, -0.1) is 0 Å². The summed E-state index contributed by atoms with van der Waals surface area (Å²) < 4.78 is 5.77. The van der Waals surface area contributed by atoms with Crippen molar-refractivity contribution in [2.45, 2.75) is 52.6 Å². The van der Waals surface area contributed by atoms with Crippen molar-refractivity contribution >= 4 is 0 Å². The summed E-state index contributed by atoms with van der Waals surface area (Å²) in [4.78, 5) is 0. The third-order valence-electron chi connectivity index (χ3n) is 5.07. The molecule has 1 heteroatoms. The zero-order chi connectivity index (χ0) is 16.8. The largest absolute Gasteiger partial charge is 0.376 e. The molecule has 0 fully saturated rings. The molecule has 1 nitrogen and oxygen atoms in total. The van der Waals surface area contributed by atoms with E-state index < -0.39 is 0 Å². The summed E-state index contributed by atoms with van der Waals surface area (Å²) in [5.74, 6) is 0.543. The molecule has 0 heterocycles. The van der Waals surface area contributed by atoms with E-state index in [0.717, 1.165) is 6.42 Å². The highest BCUT2D eigenvalue weighted by atomic mass is 16.5. The van der Waals surface area contributed by atoms with E-state index in [1.165, 1.54) is 33.4 Å². The average molecular weight is 308 g/mol. The number of methoxy groups -OCH3 is 1. The Balaban J connectivity index is 2.16. The molecule has 0 aromatic heterocycles. The van der Waals surface area contributed by atoms with Crippen LogP contribution < -0.4 is 0 Å². The van der Waals surface area contributed by atoms with Crippen LogP contribution in [0.3, 0.4) is 0 Å². The lowest BCUT2D eigenvalue weighted by atomic mass is 9.84. The summed E-state index contributed by atoms with van der Waals surface area (Å²) in [6.07, 6.45) is 1.33. The summed E-state index contributed by atoms with van der Waals surface area (Å²) in [6.45, 7) is 11.3. The monoisotopic (exact) mass is 308 g/mol. The predicted molar refractivity (Wildman–Crippen MR) is 97.9 cm³/mol.